The molecule has 2 aromatic carbocycles. The molecule has 0 aromatic heterocycles. The zero-order valence-corrected chi connectivity index (χ0v) is 17.4. The highest BCUT2D eigenvalue weighted by Gasteiger charge is 2.70. The first-order valence-corrected chi connectivity index (χ1v) is 9.89. The van der Waals surface area contributed by atoms with Gasteiger partial charge >= 0.3 is 5.97 Å². The van der Waals surface area contributed by atoms with Crippen LogP contribution in [0.25, 0.3) is 0 Å². The first kappa shape index (κ1) is 19.4. The average Bonchev–Trinajstić information content (AvgIpc) is 2.74. The van der Waals surface area contributed by atoms with Crippen molar-refractivity contribution in [3.8, 4) is 0 Å². The maximum absolute atomic E-state index is 13.7. The van der Waals surface area contributed by atoms with E-state index in [4.69, 9.17) is 21.9 Å². The lowest BCUT2D eigenvalue weighted by Gasteiger charge is -2.61. The number of nitrogens with one attached hydrogen (secondary N) is 2. The van der Waals surface area contributed by atoms with Crippen molar-refractivity contribution < 1.29 is 9.53 Å². The Morgan fingerprint density at radius 3 is 2.28 bits per heavy atom. The highest BCUT2D eigenvalue weighted by molar-refractivity contribution is 7.80. The molecule has 2 aromatic rings. The van der Waals surface area contributed by atoms with E-state index >= 15 is 0 Å². The summed E-state index contributed by atoms with van der Waals surface area (Å²) in [6.45, 7) is 1.98. The number of carbonyl (C=O) groups is 1. The highest BCUT2D eigenvalue weighted by Crippen LogP contribution is 2.57. The Kier molecular flexibility index (Phi) is 4.78. The molecule has 2 N–H and O–H groups in total. The fraction of sp³-hybridized carbons (Fsp3) is 0.318. The summed E-state index contributed by atoms with van der Waals surface area (Å²) < 4.78 is 5.44. The Bertz CT molecular complexity index is 952. The quantitative estimate of drug-likeness (QED) is 0.601. The van der Waals surface area contributed by atoms with Crippen LogP contribution in [0, 0.1) is 5.41 Å². The SMILES string of the molecule is COC(=O)[C@]12C(c3ccccc3)N=CN(C)[C@@]1(C)NC(=S)N[C@H]2c1ccccc1. The van der Waals surface area contributed by atoms with Crippen LogP contribution in [0.2, 0.25) is 0 Å². The second-order valence-corrected chi connectivity index (χ2v) is 7.97. The summed E-state index contributed by atoms with van der Waals surface area (Å²) in [5, 5.41) is 7.19. The van der Waals surface area contributed by atoms with E-state index in [1.54, 1.807) is 6.34 Å². The summed E-state index contributed by atoms with van der Waals surface area (Å²) in [5.74, 6) is -0.353. The molecule has 150 valence electrons. The predicted octanol–water partition coefficient (Wildman–Crippen LogP) is 2.80. The van der Waals surface area contributed by atoms with Gasteiger partial charge < -0.3 is 20.3 Å². The van der Waals surface area contributed by atoms with Gasteiger partial charge in [-0.1, -0.05) is 60.7 Å². The standard InChI is InChI=1S/C22H24N4O2S/c1-21-22(19(27)28-3,17(23-14-26(21)2)15-10-6-4-7-11-15)18(24-20(29)25-21)16-12-8-5-9-13-16/h4-14,17-18H,1-3H3,(H2,24,25,29)/t17?,18-,21+,22+/m0/s1. The molecule has 0 bridgehead atoms. The van der Waals surface area contributed by atoms with E-state index in [0.29, 0.717) is 5.11 Å². The number of nitrogens with zero attached hydrogens (tertiary/aromatic N) is 2. The number of ether oxygens (including phenoxy) is 1. The Balaban J connectivity index is 2.05. The molecule has 2 heterocycles. The number of carbonyl (C=O) groups excluding carboxylic acids is 1. The van der Waals surface area contributed by atoms with Crippen LogP contribution >= 0.6 is 12.2 Å². The molecule has 1 fully saturated rings. The number of aliphatic imine (C=N–C) groups is 1. The average molecular weight is 409 g/mol. The summed E-state index contributed by atoms with van der Waals surface area (Å²) in [7, 11) is 3.32. The molecule has 0 radical (unpaired) electrons. The van der Waals surface area contributed by atoms with E-state index in [9.17, 15) is 4.79 Å². The maximum atomic E-state index is 13.7. The lowest BCUT2D eigenvalue weighted by atomic mass is 9.59. The largest absolute Gasteiger partial charge is 0.468 e. The summed E-state index contributed by atoms with van der Waals surface area (Å²) in [6, 6.07) is 18.8. The smallest absolute Gasteiger partial charge is 0.321 e. The van der Waals surface area contributed by atoms with E-state index in [0.717, 1.165) is 11.1 Å². The molecule has 0 aliphatic carbocycles. The zero-order chi connectivity index (χ0) is 20.6. The number of hydrogen-bond donors (Lipinski definition) is 2. The lowest BCUT2D eigenvalue weighted by molar-refractivity contribution is -0.172. The molecular weight excluding hydrogens is 384 g/mol. The van der Waals surface area contributed by atoms with Crippen molar-refractivity contribution in [1.29, 1.82) is 0 Å². The minimum atomic E-state index is -1.13. The van der Waals surface area contributed by atoms with Gasteiger partial charge in [0.1, 0.15) is 5.66 Å². The van der Waals surface area contributed by atoms with Crippen LogP contribution in [0.3, 0.4) is 0 Å². The van der Waals surface area contributed by atoms with Gasteiger partial charge in [-0.2, -0.15) is 0 Å². The summed E-state index contributed by atoms with van der Waals surface area (Å²) >= 11 is 5.56. The highest BCUT2D eigenvalue weighted by atomic mass is 32.1. The van der Waals surface area contributed by atoms with Crippen molar-refractivity contribution >= 4 is 29.6 Å². The van der Waals surface area contributed by atoms with E-state index in [1.807, 2.05) is 79.5 Å². The number of rotatable bonds is 3. The molecule has 2 aliphatic rings. The molecular formula is C22H24N4O2S. The van der Waals surface area contributed by atoms with Gasteiger partial charge in [-0.15, -0.1) is 0 Å². The minimum absolute atomic E-state index is 0.353. The van der Waals surface area contributed by atoms with Gasteiger partial charge in [-0.3, -0.25) is 9.79 Å². The van der Waals surface area contributed by atoms with E-state index in [2.05, 4.69) is 10.6 Å². The molecule has 2 aliphatic heterocycles. The second kappa shape index (κ2) is 7.15. The van der Waals surface area contributed by atoms with E-state index in [1.165, 1.54) is 7.11 Å². The third-order valence-corrected chi connectivity index (χ3v) is 6.41. The molecule has 1 unspecified atom stereocenters. The lowest BCUT2D eigenvalue weighted by Crippen LogP contribution is -2.79. The summed E-state index contributed by atoms with van der Waals surface area (Å²) in [4.78, 5) is 20.4. The van der Waals surface area contributed by atoms with Crippen molar-refractivity contribution in [2.24, 2.45) is 10.4 Å². The van der Waals surface area contributed by atoms with Crippen LogP contribution in [0.4, 0.5) is 0 Å². The van der Waals surface area contributed by atoms with Crippen LogP contribution in [-0.4, -0.2) is 42.1 Å². The van der Waals surface area contributed by atoms with Gasteiger partial charge in [0, 0.05) is 7.05 Å². The first-order valence-electron chi connectivity index (χ1n) is 9.48. The molecule has 0 amide bonds. The number of hydrogen-bond acceptors (Lipinski definition) is 5. The number of thiocarbonyl (C=S) groups is 1. The Morgan fingerprint density at radius 1 is 1.10 bits per heavy atom. The van der Waals surface area contributed by atoms with Gasteiger partial charge in [-0.05, 0) is 30.3 Å². The molecule has 1 saturated heterocycles. The fourth-order valence-corrected chi connectivity index (χ4v) is 4.98. The maximum Gasteiger partial charge on any atom is 0.321 e. The third kappa shape index (κ3) is 2.72. The van der Waals surface area contributed by atoms with Crippen LogP contribution in [0.5, 0.6) is 0 Å². The zero-order valence-electron chi connectivity index (χ0n) is 16.6. The topological polar surface area (TPSA) is 66.0 Å². The minimum Gasteiger partial charge on any atom is -0.468 e. The second-order valence-electron chi connectivity index (χ2n) is 7.56. The molecule has 0 saturated carbocycles. The third-order valence-electron chi connectivity index (χ3n) is 6.19. The van der Waals surface area contributed by atoms with E-state index < -0.39 is 23.2 Å². The summed E-state index contributed by atoms with van der Waals surface area (Å²) in [5.41, 5.74) is -0.119. The van der Waals surface area contributed by atoms with Gasteiger partial charge in [-0.25, -0.2) is 0 Å². The molecule has 0 spiro atoms. The van der Waals surface area contributed by atoms with Crippen LogP contribution in [0.1, 0.15) is 30.1 Å². The molecule has 4 atom stereocenters. The molecule has 4 rings (SSSR count). The Hall–Kier alpha value is -2.93. The Morgan fingerprint density at radius 2 is 1.69 bits per heavy atom. The van der Waals surface area contributed by atoms with Crippen molar-refractivity contribution in [2.75, 3.05) is 14.2 Å². The van der Waals surface area contributed by atoms with Crippen molar-refractivity contribution in [3.63, 3.8) is 0 Å². The fourth-order valence-electron chi connectivity index (χ4n) is 4.66. The number of fused-ring (bicyclic) bond motifs is 1. The number of benzene rings is 2. The van der Waals surface area contributed by atoms with E-state index in [-0.39, 0.29) is 5.97 Å². The first-order chi connectivity index (χ1) is 13.9. The van der Waals surface area contributed by atoms with Crippen LogP contribution < -0.4 is 10.6 Å². The normalized spacial score (nSPS) is 30.7. The molecule has 7 heteroatoms. The van der Waals surface area contributed by atoms with Crippen molar-refractivity contribution in [1.82, 2.24) is 15.5 Å². The van der Waals surface area contributed by atoms with Gasteiger partial charge in [0.05, 0.1) is 25.5 Å². The van der Waals surface area contributed by atoms with Crippen LogP contribution in [-0.2, 0) is 9.53 Å². The van der Waals surface area contributed by atoms with Crippen molar-refractivity contribution in [3.05, 3.63) is 71.8 Å². The number of esters is 1. The van der Waals surface area contributed by atoms with Crippen LogP contribution in [0.15, 0.2) is 65.7 Å². The molecule has 6 nitrogen and oxygen atoms in total. The predicted molar refractivity (Wildman–Crippen MR) is 116 cm³/mol. The van der Waals surface area contributed by atoms with Gasteiger partial charge in [0.2, 0.25) is 0 Å². The Labute approximate surface area is 176 Å². The molecule has 29 heavy (non-hydrogen) atoms. The van der Waals surface area contributed by atoms with Crippen molar-refractivity contribution in [2.45, 2.75) is 24.7 Å². The van der Waals surface area contributed by atoms with Gasteiger partial charge in [0.25, 0.3) is 0 Å². The number of methoxy groups -OCH3 is 1. The monoisotopic (exact) mass is 408 g/mol. The van der Waals surface area contributed by atoms with Gasteiger partial charge in [0.15, 0.2) is 10.5 Å². The summed E-state index contributed by atoms with van der Waals surface area (Å²) in [6.07, 6.45) is 1.77.